The van der Waals surface area contributed by atoms with Gasteiger partial charge in [-0.15, -0.1) is 0 Å². The zero-order valence-corrected chi connectivity index (χ0v) is 28.0. The molecule has 1 aliphatic rings. The van der Waals surface area contributed by atoms with Gasteiger partial charge in [0, 0.05) is 52.4 Å². The highest BCUT2D eigenvalue weighted by atomic mass is 16.5. The van der Waals surface area contributed by atoms with Crippen molar-refractivity contribution in [3.8, 4) is 5.75 Å². The van der Waals surface area contributed by atoms with E-state index in [0.29, 0.717) is 38.5 Å². The van der Waals surface area contributed by atoms with Crippen LogP contribution in [0.4, 0.5) is 0 Å². The molecule has 270 valence electrons. The normalized spacial score (nSPS) is 17.2. The smallest absolute Gasteiger partial charge is 0.325 e. The Morgan fingerprint density at radius 3 is 1.71 bits per heavy atom. The van der Waals surface area contributed by atoms with Crippen LogP contribution in [0.15, 0.2) is 29.4 Å². The average molecular weight is 684 g/mol. The molecule has 0 bridgehead atoms. The van der Waals surface area contributed by atoms with Gasteiger partial charge in [0.25, 0.3) is 0 Å². The van der Waals surface area contributed by atoms with Gasteiger partial charge in [-0.05, 0) is 24.1 Å². The second-order valence-corrected chi connectivity index (χ2v) is 11.0. The third kappa shape index (κ3) is 14.6. The maximum atomic E-state index is 12.7. The van der Waals surface area contributed by atoms with E-state index in [1.165, 1.54) is 21.3 Å². The molecule has 0 amide bonds. The van der Waals surface area contributed by atoms with Gasteiger partial charge in [-0.1, -0.05) is 17.3 Å². The highest BCUT2D eigenvalue weighted by Gasteiger charge is 2.31. The van der Waals surface area contributed by atoms with Gasteiger partial charge >= 0.3 is 23.9 Å². The van der Waals surface area contributed by atoms with Crippen molar-refractivity contribution in [2.75, 3.05) is 120 Å². The Bertz CT molecular complexity index is 1110. The van der Waals surface area contributed by atoms with E-state index in [4.69, 9.17) is 23.7 Å². The molecular weight excluding hydrogens is 634 g/mol. The number of aliphatic carboxylic acids is 1. The van der Waals surface area contributed by atoms with E-state index in [-0.39, 0.29) is 65.4 Å². The van der Waals surface area contributed by atoms with E-state index < -0.39 is 42.6 Å². The van der Waals surface area contributed by atoms with Crippen molar-refractivity contribution < 1.29 is 53.1 Å². The van der Waals surface area contributed by atoms with Crippen molar-refractivity contribution in [2.24, 2.45) is 5.18 Å². The number of carbonyl (C=O) groups is 4. The number of methoxy groups -OCH3 is 3. The first kappa shape index (κ1) is 40.4. The third-order valence-electron chi connectivity index (χ3n) is 7.96. The molecule has 2 unspecified atom stereocenters. The van der Waals surface area contributed by atoms with E-state index in [9.17, 15) is 34.3 Å². The zero-order chi connectivity index (χ0) is 35.3. The summed E-state index contributed by atoms with van der Waals surface area (Å²) >= 11 is 0. The number of carboxylic acid groups (broad SMARTS) is 1. The Hall–Kier alpha value is -3.74. The number of nitrogens with zero attached hydrogens (tertiary/aromatic N) is 5. The number of carbonyl (C=O) groups excluding carboxylic acids is 3. The summed E-state index contributed by atoms with van der Waals surface area (Å²) in [6.07, 6.45) is 0.177. The van der Waals surface area contributed by atoms with Crippen LogP contribution in [0, 0.1) is 4.91 Å². The van der Waals surface area contributed by atoms with E-state index in [1.54, 1.807) is 29.2 Å². The topological polar surface area (TPSA) is 197 Å². The Morgan fingerprint density at radius 1 is 0.750 bits per heavy atom. The minimum Gasteiger partial charge on any atom is -0.491 e. The minimum absolute atomic E-state index is 0.0626. The summed E-state index contributed by atoms with van der Waals surface area (Å²) in [5.74, 6) is -2.01. The van der Waals surface area contributed by atoms with Crippen molar-refractivity contribution in [2.45, 2.75) is 18.5 Å². The van der Waals surface area contributed by atoms with Crippen LogP contribution in [-0.2, 0) is 44.5 Å². The van der Waals surface area contributed by atoms with E-state index in [1.807, 2.05) is 14.7 Å². The molecule has 17 heteroatoms. The second kappa shape index (κ2) is 22.8. The molecule has 1 aliphatic heterocycles. The standard InChI is InChI=1S/C31H49N5O12/c1-44-28(38)21-33-9-13-35(26(30(40)41)20-24-4-6-25(7-5-24)48-19-18-47-17-8-32-43)14-10-34(22-29(39)45-2)12-16-36(15-11-33)27(23-37)31(42)46-3/h4-7,26-27,37H,8-23H2,1-3H3,(H,40,41). The summed E-state index contributed by atoms with van der Waals surface area (Å²) in [6.45, 7) is 2.49. The van der Waals surface area contributed by atoms with Crippen LogP contribution in [-0.4, -0.2) is 186 Å². The molecule has 1 saturated heterocycles. The zero-order valence-electron chi connectivity index (χ0n) is 28.0. The number of aliphatic hydroxyl groups is 1. The number of esters is 3. The Labute approximate surface area is 280 Å². The molecule has 2 atom stereocenters. The first-order valence-electron chi connectivity index (χ1n) is 15.7. The highest BCUT2D eigenvalue weighted by molar-refractivity contribution is 5.76. The lowest BCUT2D eigenvalue weighted by molar-refractivity contribution is -0.150. The van der Waals surface area contributed by atoms with Crippen LogP contribution in [0.2, 0.25) is 0 Å². The summed E-state index contributed by atoms with van der Waals surface area (Å²) in [4.78, 5) is 67.1. The number of aliphatic hydroxyl groups excluding tert-OH is 1. The van der Waals surface area contributed by atoms with Crippen LogP contribution in [0.1, 0.15) is 5.56 Å². The number of rotatable bonds is 18. The average Bonchev–Trinajstić information content (AvgIpc) is 3.08. The van der Waals surface area contributed by atoms with Gasteiger partial charge in [-0.3, -0.25) is 38.8 Å². The summed E-state index contributed by atoms with van der Waals surface area (Å²) in [6, 6.07) is 5.18. The summed E-state index contributed by atoms with van der Waals surface area (Å²) in [5.41, 5.74) is 0.764. The molecule has 0 spiro atoms. The molecule has 0 aliphatic carbocycles. The fourth-order valence-electron chi connectivity index (χ4n) is 5.18. The molecule has 48 heavy (non-hydrogen) atoms. The molecule has 17 nitrogen and oxygen atoms in total. The number of carboxylic acids is 1. The molecular formula is C31H49N5O12. The Kier molecular flexibility index (Phi) is 19.2. The molecule has 0 aromatic heterocycles. The van der Waals surface area contributed by atoms with Crippen LogP contribution in [0.5, 0.6) is 5.75 Å². The molecule has 2 rings (SSSR count). The maximum Gasteiger partial charge on any atom is 0.325 e. The number of nitroso groups, excluding NO2 is 1. The number of hydrogen-bond acceptors (Lipinski definition) is 16. The lowest BCUT2D eigenvalue weighted by Crippen LogP contribution is -2.54. The van der Waals surface area contributed by atoms with E-state index >= 15 is 0 Å². The number of ether oxygens (including phenoxy) is 5. The summed E-state index contributed by atoms with van der Waals surface area (Å²) < 4.78 is 25.6. The third-order valence-corrected chi connectivity index (χ3v) is 7.96. The van der Waals surface area contributed by atoms with Gasteiger partial charge < -0.3 is 33.9 Å². The Balaban J connectivity index is 2.27. The molecule has 0 radical (unpaired) electrons. The van der Waals surface area contributed by atoms with Gasteiger partial charge in [0.15, 0.2) is 0 Å². The molecule has 2 N–H and O–H groups in total. The number of hydrogen-bond donors (Lipinski definition) is 2. The SMILES string of the molecule is COC(=O)CN1CCN(C(Cc2ccc(OCCOCCN=O)cc2)C(=O)O)CCN(CC(=O)OC)CCN(C(CO)C(=O)OC)CC1. The van der Waals surface area contributed by atoms with E-state index in [0.717, 1.165) is 5.56 Å². The van der Waals surface area contributed by atoms with E-state index in [2.05, 4.69) is 5.18 Å². The van der Waals surface area contributed by atoms with Crippen molar-refractivity contribution in [3.63, 3.8) is 0 Å². The van der Waals surface area contributed by atoms with Gasteiger partial charge in [0.1, 0.15) is 31.0 Å². The molecule has 1 aromatic rings. The lowest BCUT2D eigenvalue weighted by atomic mass is 10.0. The van der Waals surface area contributed by atoms with Crippen molar-refractivity contribution >= 4 is 23.9 Å². The summed E-state index contributed by atoms with van der Waals surface area (Å²) in [5, 5.41) is 23.1. The molecule has 1 fully saturated rings. The maximum absolute atomic E-state index is 12.7. The van der Waals surface area contributed by atoms with Gasteiger partial charge in [-0.2, -0.15) is 4.91 Å². The van der Waals surface area contributed by atoms with Gasteiger partial charge in [0.2, 0.25) is 0 Å². The van der Waals surface area contributed by atoms with Gasteiger partial charge in [-0.25, -0.2) is 0 Å². The Morgan fingerprint density at radius 2 is 1.27 bits per heavy atom. The van der Waals surface area contributed by atoms with Gasteiger partial charge in [0.05, 0.1) is 54.2 Å². The minimum atomic E-state index is -1.03. The first-order valence-corrected chi connectivity index (χ1v) is 15.7. The largest absolute Gasteiger partial charge is 0.491 e. The summed E-state index contributed by atoms with van der Waals surface area (Å²) in [7, 11) is 3.80. The predicted molar refractivity (Wildman–Crippen MR) is 171 cm³/mol. The number of benzene rings is 1. The van der Waals surface area contributed by atoms with Crippen LogP contribution < -0.4 is 4.74 Å². The highest BCUT2D eigenvalue weighted by Crippen LogP contribution is 2.17. The first-order chi connectivity index (χ1) is 23.1. The fourth-order valence-corrected chi connectivity index (χ4v) is 5.18. The molecule has 1 heterocycles. The monoisotopic (exact) mass is 683 g/mol. The fraction of sp³-hybridized carbons (Fsp3) is 0.677. The quantitative estimate of drug-likeness (QED) is 0.0822. The molecule has 0 saturated carbocycles. The van der Waals surface area contributed by atoms with Crippen molar-refractivity contribution in [3.05, 3.63) is 34.7 Å². The lowest BCUT2D eigenvalue weighted by Gasteiger charge is -2.37. The van der Waals surface area contributed by atoms with Crippen LogP contribution >= 0.6 is 0 Å². The van der Waals surface area contributed by atoms with Crippen molar-refractivity contribution in [1.29, 1.82) is 0 Å². The molecule has 1 aromatic carbocycles. The van der Waals surface area contributed by atoms with Crippen LogP contribution in [0.3, 0.4) is 0 Å². The van der Waals surface area contributed by atoms with Crippen molar-refractivity contribution in [1.82, 2.24) is 19.6 Å². The predicted octanol–water partition coefficient (Wildman–Crippen LogP) is -1.05. The second-order valence-electron chi connectivity index (χ2n) is 11.0. The van der Waals surface area contributed by atoms with Crippen LogP contribution in [0.25, 0.3) is 0 Å².